The lowest BCUT2D eigenvalue weighted by molar-refractivity contribution is -0.116. The molecule has 0 aromatic carbocycles. The molecule has 2 aliphatic rings. The lowest BCUT2D eigenvalue weighted by atomic mass is 9.94. The molecule has 0 aromatic rings. The molecule has 0 bridgehead atoms. The van der Waals surface area contributed by atoms with E-state index in [1.807, 2.05) is 0 Å². The maximum absolute atomic E-state index is 11.5. The highest BCUT2D eigenvalue weighted by Crippen LogP contribution is 2.20. The van der Waals surface area contributed by atoms with Crippen LogP contribution in [0.1, 0.15) is 25.7 Å². The first-order valence-electron chi connectivity index (χ1n) is 5.42. The molecule has 2 rings (SSSR count). The predicted molar refractivity (Wildman–Crippen MR) is 54.0 cm³/mol. The molecule has 1 saturated heterocycles. The van der Waals surface area contributed by atoms with Gasteiger partial charge >= 0.3 is 0 Å². The second-order valence-corrected chi connectivity index (χ2v) is 3.93. The first-order valence-corrected chi connectivity index (χ1v) is 5.42. The van der Waals surface area contributed by atoms with E-state index in [1.165, 1.54) is 6.42 Å². The fraction of sp³-hybridized carbons (Fsp3) is 0.727. The largest absolute Gasteiger partial charge is 0.378 e. The fourth-order valence-corrected chi connectivity index (χ4v) is 1.96. The number of ether oxygens (including phenoxy) is 1. The van der Waals surface area contributed by atoms with E-state index in [4.69, 9.17) is 4.74 Å². The summed E-state index contributed by atoms with van der Waals surface area (Å²) in [6.45, 7) is 3.43. The van der Waals surface area contributed by atoms with E-state index >= 15 is 0 Å². The number of hydrogen-bond donors (Lipinski definition) is 0. The summed E-state index contributed by atoms with van der Waals surface area (Å²) in [5.41, 5.74) is 1.03. The van der Waals surface area contributed by atoms with E-state index in [-0.39, 0.29) is 0 Å². The van der Waals surface area contributed by atoms with Crippen LogP contribution < -0.4 is 0 Å². The monoisotopic (exact) mass is 195 g/mol. The Labute approximate surface area is 84.7 Å². The van der Waals surface area contributed by atoms with Crippen LogP contribution in [-0.4, -0.2) is 37.0 Å². The van der Waals surface area contributed by atoms with Gasteiger partial charge in [-0.1, -0.05) is 0 Å². The Kier molecular flexibility index (Phi) is 3.19. The van der Waals surface area contributed by atoms with Crippen LogP contribution in [0.3, 0.4) is 0 Å². The zero-order valence-electron chi connectivity index (χ0n) is 8.50. The van der Waals surface area contributed by atoms with Crippen LogP contribution in [0.5, 0.6) is 0 Å². The van der Waals surface area contributed by atoms with Crippen molar-refractivity contribution < 1.29 is 9.53 Å². The average Bonchev–Trinajstić information content (AvgIpc) is 2.23. The summed E-state index contributed by atoms with van der Waals surface area (Å²) in [5.74, 6) is 0.350. The fourth-order valence-electron chi connectivity index (χ4n) is 1.96. The number of ketones is 1. The highest BCUT2D eigenvalue weighted by molar-refractivity contribution is 5.95. The Morgan fingerprint density at radius 1 is 1.14 bits per heavy atom. The maximum atomic E-state index is 11.5. The van der Waals surface area contributed by atoms with Crippen molar-refractivity contribution in [3.05, 3.63) is 11.8 Å². The van der Waals surface area contributed by atoms with Gasteiger partial charge in [-0.2, -0.15) is 0 Å². The number of allylic oxidation sites excluding steroid dienone is 1. The molecule has 0 spiro atoms. The summed E-state index contributed by atoms with van der Waals surface area (Å²) in [6.07, 6.45) is 6.01. The summed E-state index contributed by atoms with van der Waals surface area (Å²) < 4.78 is 5.26. The number of Topliss-reactive ketones (excluding diaryl/α,β-unsaturated/α-hetero) is 1. The van der Waals surface area contributed by atoms with Gasteiger partial charge in [-0.05, 0) is 19.3 Å². The lowest BCUT2D eigenvalue weighted by Crippen LogP contribution is -2.33. The maximum Gasteiger partial charge on any atom is 0.160 e. The molecule has 0 amide bonds. The molecular formula is C11H17NO2. The second kappa shape index (κ2) is 4.60. The second-order valence-electron chi connectivity index (χ2n) is 3.93. The quantitative estimate of drug-likeness (QED) is 0.591. The topological polar surface area (TPSA) is 29.5 Å². The number of carbonyl (C=O) groups is 1. The average molecular weight is 195 g/mol. The Morgan fingerprint density at radius 3 is 2.57 bits per heavy atom. The highest BCUT2D eigenvalue weighted by atomic mass is 16.5. The SMILES string of the molecule is O=C1CCCCC1=CN1CCOCC1. The molecule has 78 valence electrons. The molecule has 0 unspecified atom stereocenters. The van der Waals surface area contributed by atoms with Gasteiger partial charge in [-0.3, -0.25) is 4.79 Å². The third-order valence-electron chi connectivity index (χ3n) is 2.84. The van der Waals surface area contributed by atoms with Gasteiger partial charge in [0.05, 0.1) is 13.2 Å². The standard InChI is InChI=1S/C11H17NO2/c13-11-4-2-1-3-10(11)9-12-5-7-14-8-6-12/h9H,1-8H2. The third-order valence-corrected chi connectivity index (χ3v) is 2.84. The third kappa shape index (κ3) is 2.35. The van der Waals surface area contributed by atoms with Gasteiger partial charge in [0.2, 0.25) is 0 Å². The van der Waals surface area contributed by atoms with Gasteiger partial charge in [0.15, 0.2) is 5.78 Å². The van der Waals surface area contributed by atoms with E-state index in [0.717, 1.165) is 51.1 Å². The van der Waals surface area contributed by atoms with Crippen LogP contribution in [0.2, 0.25) is 0 Å². The molecule has 3 heteroatoms. The lowest BCUT2D eigenvalue weighted by Gasteiger charge is -2.27. The Balaban J connectivity index is 1.96. The van der Waals surface area contributed by atoms with Crippen LogP contribution in [0.25, 0.3) is 0 Å². The first kappa shape index (κ1) is 9.71. The number of morpholine rings is 1. The summed E-state index contributed by atoms with van der Waals surface area (Å²) in [5, 5.41) is 0. The molecular weight excluding hydrogens is 178 g/mol. The number of rotatable bonds is 1. The number of hydrogen-bond acceptors (Lipinski definition) is 3. The Bertz CT molecular complexity index is 242. The Hall–Kier alpha value is -0.830. The van der Waals surface area contributed by atoms with E-state index in [2.05, 4.69) is 11.1 Å². The molecule has 1 aliphatic carbocycles. The molecule has 2 fully saturated rings. The van der Waals surface area contributed by atoms with Crippen molar-refractivity contribution in [1.29, 1.82) is 0 Å². The summed E-state index contributed by atoms with van der Waals surface area (Å²) in [7, 11) is 0. The zero-order chi connectivity index (χ0) is 9.80. The van der Waals surface area contributed by atoms with Gasteiger partial charge in [0.1, 0.15) is 0 Å². The molecule has 1 heterocycles. The molecule has 0 radical (unpaired) electrons. The summed E-state index contributed by atoms with van der Waals surface area (Å²) >= 11 is 0. The van der Waals surface area contributed by atoms with Crippen LogP contribution in [0.15, 0.2) is 11.8 Å². The van der Waals surface area contributed by atoms with Gasteiger partial charge in [-0.25, -0.2) is 0 Å². The zero-order valence-corrected chi connectivity index (χ0v) is 8.50. The first-order chi connectivity index (χ1) is 6.86. The smallest absolute Gasteiger partial charge is 0.160 e. The normalized spacial score (nSPS) is 27.0. The molecule has 1 saturated carbocycles. The van der Waals surface area contributed by atoms with Crippen molar-refractivity contribution in [3.63, 3.8) is 0 Å². The van der Waals surface area contributed by atoms with Crippen LogP contribution in [-0.2, 0) is 9.53 Å². The summed E-state index contributed by atoms with van der Waals surface area (Å²) in [6, 6.07) is 0. The van der Waals surface area contributed by atoms with E-state index in [1.54, 1.807) is 0 Å². The van der Waals surface area contributed by atoms with E-state index in [0.29, 0.717) is 5.78 Å². The van der Waals surface area contributed by atoms with Crippen LogP contribution >= 0.6 is 0 Å². The minimum atomic E-state index is 0.350. The molecule has 0 atom stereocenters. The van der Waals surface area contributed by atoms with E-state index < -0.39 is 0 Å². The molecule has 0 aromatic heterocycles. The van der Waals surface area contributed by atoms with E-state index in [9.17, 15) is 4.79 Å². The van der Waals surface area contributed by atoms with Crippen molar-refractivity contribution in [2.45, 2.75) is 25.7 Å². The Morgan fingerprint density at radius 2 is 1.86 bits per heavy atom. The molecule has 3 nitrogen and oxygen atoms in total. The van der Waals surface area contributed by atoms with Gasteiger partial charge < -0.3 is 9.64 Å². The predicted octanol–water partition coefficient (Wildman–Crippen LogP) is 1.35. The minimum Gasteiger partial charge on any atom is -0.378 e. The molecule has 0 N–H and O–H groups in total. The van der Waals surface area contributed by atoms with Crippen molar-refractivity contribution in [2.75, 3.05) is 26.3 Å². The van der Waals surface area contributed by atoms with Gasteiger partial charge in [0.25, 0.3) is 0 Å². The number of nitrogens with zero attached hydrogens (tertiary/aromatic N) is 1. The van der Waals surface area contributed by atoms with Gasteiger partial charge in [-0.15, -0.1) is 0 Å². The molecule has 1 aliphatic heterocycles. The van der Waals surface area contributed by atoms with Crippen molar-refractivity contribution in [3.8, 4) is 0 Å². The van der Waals surface area contributed by atoms with Crippen molar-refractivity contribution in [2.24, 2.45) is 0 Å². The summed E-state index contributed by atoms with van der Waals surface area (Å²) in [4.78, 5) is 13.8. The highest BCUT2D eigenvalue weighted by Gasteiger charge is 2.16. The van der Waals surface area contributed by atoms with Crippen molar-refractivity contribution in [1.82, 2.24) is 4.90 Å². The van der Waals surface area contributed by atoms with Gasteiger partial charge in [0, 0.05) is 31.3 Å². The van der Waals surface area contributed by atoms with Crippen molar-refractivity contribution >= 4 is 5.78 Å². The van der Waals surface area contributed by atoms with Crippen LogP contribution in [0, 0.1) is 0 Å². The number of carbonyl (C=O) groups excluding carboxylic acids is 1. The minimum absolute atomic E-state index is 0.350. The van der Waals surface area contributed by atoms with Crippen LogP contribution in [0.4, 0.5) is 0 Å². The molecule has 14 heavy (non-hydrogen) atoms.